The van der Waals surface area contributed by atoms with Gasteiger partial charge in [-0.05, 0) is 50.3 Å². The van der Waals surface area contributed by atoms with E-state index in [0.29, 0.717) is 24.2 Å². The maximum Gasteiger partial charge on any atom is 0.405 e. The monoisotopic (exact) mass is 412 g/mol. The Morgan fingerprint density at radius 3 is 2.48 bits per heavy atom. The fourth-order valence-corrected chi connectivity index (χ4v) is 3.20. The first-order chi connectivity index (χ1) is 13.6. The molecule has 4 amide bonds. The zero-order chi connectivity index (χ0) is 21.2. The number of benzene rings is 1. The molecular formula is C19H23F3N4O3. The number of nitrogens with one attached hydrogen (secondary N) is 3. The third-order valence-electron chi connectivity index (χ3n) is 4.97. The van der Waals surface area contributed by atoms with E-state index in [-0.39, 0.29) is 18.4 Å². The van der Waals surface area contributed by atoms with Crippen LogP contribution in [0.4, 0.5) is 29.3 Å². The minimum absolute atomic E-state index is 0.0370. The van der Waals surface area contributed by atoms with E-state index < -0.39 is 30.7 Å². The summed E-state index contributed by atoms with van der Waals surface area (Å²) in [7, 11) is 0. The van der Waals surface area contributed by atoms with Crippen molar-refractivity contribution >= 4 is 29.2 Å². The number of anilines is 2. The predicted octanol–water partition coefficient (Wildman–Crippen LogP) is 3.02. The Morgan fingerprint density at radius 1 is 1.10 bits per heavy atom. The fourth-order valence-electron chi connectivity index (χ4n) is 3.20. The molecule has 1 atom stereocenters. The van der Waals surface area contributed by atoms with Crippen LogP contribution in [-0.2, 0) is 9.59 Å². The van der Waals surface area contributed by atoms with Gasteiger partial charge in [0.25, 0.3) is 0 Å². The molecule has 7 nitrogen and oxygen atoms in total. The van der Waals surface area contributed by atoms with Crippen LogP contribution in [0.15, 0.2) is 18.2 Å². The second-order valence-corrected chi connectivity index (χ2v) is 7.41. The number of halogens is 3. The Labute approximate surface area is 166 Å². The molecule has 1 aliphatic carbocycles. The average Bonchev–Trinajstić information content (AvgIpc) is 3.38. The lowest BCUT2D eigenvalue weighted by molar-refractivity contribution is -0.140. The number of aryl methyl sites for hydroxylation is 1. The quantitative estimate of drug-likeness (QED) is 0.694. The van der Waals surface area contributed by atoms with Crippen LogP contribution in [0.25, 0.3) is 0 Å². The predicted molar refractivity (Wildman–Crippen MR) is 100 cm³/mol. The molecule has 1 unspecified atom stereocenters. The van der Waals surface area contributed by atoms with Crippen LogP contribution in [0, 0.1) is 12.8 Å². The van der Waals surface area contributed by atoms with Gasteiger partial charge in [-0.25, -0.2) is 4.79 Å². The molecule has 2 fully saturated rings. The van der Waals surface area contributed by atoms with Crippen LogP contribution in [-0.4, -0.2) is 48.1 Å². The Balaban J connectivity index is 1.63. The van der Waals surface area contributed by atoms with Crippen molar-refractivity contribution in [2.75, 3.05) is 23.7 Å². The van der Waals surface area contributed by atoms with E-state index in [0.717, 1.165) is 18.4 Å². The van der Waals surface area contributed by atoms with Gasteiger partial charge in [-0.1, -0.05) is 6.07 Å². The molecule has 1 saturated heterocycles. The number of amides is 4. The standard InChI is InChI=1S/C19H23F3N4O3/c1-11-4-7-13(24-16(27)12-5-6-12)9-14(11)25-18(29)26-8-2-3-15(26)17(28)23-10-19(20,21)22/h4,7,9,12,15H,2-3,5-6,8,10H2,1H3,(H,23,28)(H,24,27)(H,25,29). The van der Waals surface area contributed by atoms with Crippen LogP contribution in [0.5, 0.6) is 0 Å². The van der Waals surface area contributed by atoms with Crippen LogP contribution in [0.3, 0.4) is 0 Å². The number of alkyl halides is 3. The minimum Gasteiger partial charge on any atom is -0.345 e. The van der Waals surface area contributed by atoms with Gasteiger partial charge in [-0.2, -0.15) is 13.2 Å². The molecule has 0 spiro atoms. The van der Waals surface area contributed by atoms with E-state index >= 15 is 0 Å². The van der Waals surface area contributed by atoms with Gasteiger partial charge in [0.1, 0.15) is 12.6 Å². The maximum atomic E-state index is 12.7. The van der Waals surface area contributed by atoms with Gasteiger partial charge in [0.15, 0.2) is 0 Å². The molecule has 1 saturated carbocycles. The van der Waals surface area contributed by atoms with Crippen molar-refractivity contribution in [2.45, 2.75) is 44.8 Å². The highest BCUT2D eigenvalue weighted by Gasteiger charge is 2.36. The van der Waals surface area contributed by atoms with Gasteiger partial charge in [-0.3, -0.25) is 9.59 Å². The van der Waals surface area contributed by atoms with Gasteiger partial charge in [-0.15, -0.1) is 0 Å². The third kappa shape index (κ3) is 5.61. The Kier molecular flexibility index (Phi) is 5.99. The number of carbonyl (C=O) groups is 3. The van der Waals surface area contributed by atoms with E-state index in [2.05, 4.69) is 10.6 Å². The highest BCUT2D eigenvalue weighted by Crippen LogP contribution is 2.31. The van der Waals surface area contributed by atoms with Gasteiger partial charge < -0.3 is 20.9 Å². The van der Waals surface area contributed by atoms with Crippen LogP contribution in [0.2, 0.25) is 0 Å². The van der Waals surface area contributed by atoms with Crippen LogP contribution >= 0.6 is 0 Å². The lowest BCUT2D eigenvalue weighted by atomic mass is 10.1. The molecule has 0 bridgehead atoms. The largest absolute Gasteiger partial charge is 0.405 e. The maximum absolute atomic E-state index is 12.7. The second kappa shape index (κ2) is 8.30. The third-order valence-corrected chi connectivity index (χ3v) is 4.97. The van der Waals surface area contributed by atoms with Crippen LogP contribution < -0.4 is 16.0 Å². The van der Waals surface area contributed by atoms with Crippen molar-refractivity contribution in [2.24, 2.45) is 5.92 Å². The summed E-state index contributed by atoms with van der Waals surface area (Å²) in [5.41, 5.74) is 1.76. The van der Waals surface area contributed by atoms with Gasteiger partial charge in [0.05, 0.1) is 0 Å². The number of urea groups is 1. The summed E-state index contributed by atoms with van der Waals surface area (Å²) in [6.07, 6.45) is -1.95. The van der Waals surface area contributed by atoms with Crippen molar-refractivity contribution in [1.29, 1.82) is 0 Å². The first kappa shape index (κ1) is 20.9. The summed E-state index contributed by atoms with van der Waals surface area (Å²) in [5.74, 6) is -0.848. The van der Waals surface area contributed by atoms with E-state index in [9.17, 15) is 27.6 Å². The smallest absolute Gasteiger partial charge is 0.345 e. The van der Waals surface area contributed by atoms with Crippen molar-refractivity contribution in [1.82, 2.24) is 10.2 Å². The molecule has 3 N–H and O–H groups in total. The number of hydrogen-bond acceptors (Lipinski definition) is 3. The molecule has 1 heterocycles. The SMILES string of the molecule is Cc1ccc(NC(=O)C2CC2)cc1NC(=O)N1CCCC1C(=O)NCC(F)(F)F. The lowest BCUT2D eigenvalue weighted by Gasteiger charge is -2.25. The summed E-state index contributed by atoms with van der Waals surface area (Å²) < 4.78 is 37.0. The Morgan fingerprint density at radius 2 is 1.83 bits per heavy atom. The highest BCUT2D eigenvalue weighted by molar-refractivity contribution is 5.97. The molecule has 1 aliphatic heterocycles. The zero-order valence-electron chi connectivity index (χ0n) is 15.9. The highest BCUT2D eigenvalue weighted by atomic mass is 19.4. The molecule has 0 aromatic heterocycles. The number of rotatable bonds is 5. The Bertz CT molecular complexity index is 808. The van der Waals surface area contributed by atoms with Crippen molar-refractivity contribution < 1.29 is 27.6 Å². The molecular weight excluding hydrogens is 389 g/mol. The number of nitrogens with zero attached hydrogens (tertiary/aromatic N) is 1. The molecule has 29 heavy (non-hydrogen) atoms. The van der Waals surface area contributed by atoms with Crippen LogP contribution in [0.1, 0.15) is 31.2 Å². The summed E-state index contributed by atoms with van der Waals surface area (Å²) in [6, 6.07) is 3.59. The first-order valence-electron chi connectivity index (χ1n) is 9.47. The minimum atomic E-state index is -4.51. The fraction of sp³-hybridized carbons (Fsp3) is 0.526. The van der Waals surface area contributed by atoms with Crippen molar-refractivity contribution in [3.63, 3.8) is 0 Å². The second-order valence-electron chi connectivity index (χ2n) is 7.41. The van der Waals surface area contributed by atoms with Gasteiger partial charge in [0, 0.05) is 23.8 Å². The van der Waals surface area contributed by atoms with E-state index in [1.54, 1.807) is 25.1 Å². The summed E-state index contributed by atoms with van der Waals surface area (Å²) in [4.78, 5) is 37.9. The summed E-state index contributed by atoms with van der Waals surface area (Å²) in [5, 5.41) is 7.34. The van der Waals surface area contributed by atoms with E-state index in [1.165, 1.54) is 4.90 Å². The Hall–Kier alpha value is -2.78. The molecule has 1 aromatic carbocycles. The van der Waals surface area contributed by atoms with Crippen molar-refractivity contribution in [3.05, 3.63) is 23.8 Å². The topological polar surface area (TPSA) is 90.5 Å². The number of carbonyl (C=O) groups excluding carboxylic acids is 3. The number of hydrogen-bond donors (Lipinski definition) is 3. The van der Waals surface area contributed by atoms with Gasteiger partial charge in [0.2, 0.25) is 11.8 Å². The number of likely N-dealkylation sites (tertiary alicyclic amines) is 1. The molecule has 1 aromatic rings. The zero-order valence-corrected chi connectivity index (χ0v) is 15.9. The summed E-state index contributed by atoms with van der Waals surface area (Å²) >= 11 is 0. The first-order valence-corrected chi connectivity index (χ1v) is 9.47. The summed E-state index contributed by atoms with van der Waals surface area (Å²) in [6.45, 7) is 0.617. The lowest BCUT2D eigenvalue weighted by Crippen LogP contribution is -2.49. The molecule has 10 heteroatoms. The molecule has 158 valence electrons. The van der Waals surface area contributed by atoms with Gasteiger partial charge >= 0.3 is 12.2 Å². The van der Waals surface area contributed by atoms with E-state index in [4.69, 9.17) is 0 Å². The molecule has 3 rings (SSSR count). The average molecular weight is 412 g/mol. The molecule has 2 aliphatic rings. The van der Waals surface area contributed by atoms with Crippen molar-refractivity contribution in [3.8, 4) is 0 Å². The normalized spacial score (nSPS) is 19.0. The molecule has 0 radical (unpaired) electrons. The van der Waals surface area contributed by atoms with E-state index in [1.807, 2.05) is 5.32 Å².